The molecular weight excluding hydrogens is 606 g/mol. The lowest BCUT2D eigenvalue weighted by Crippen LogP contribution is -2.49. The number of piperidine rings is 2. The van der Waals surface area contributed by atoms with Crippen LogP contribution in [-0.2, 0) is 9.63 Å². The predicted octanol–water partition coefficient (Wildman–Crippen LogP) is 5.81. The van der Waals surface area contributed by atoms with Crippen molar-refractivity contribution in [3.05, 3.63) is 72.6 Å². The van der Waals surface area contributed by atoms with Gasteiger partial charge in [-0.05, 0) is 42.7 Å². The zero-order chi connectivity index (χ0) is 33.0. The fraction of sp³-hybridized carbons (Fsp3) is 0.412. The van der Waals surface area contributed by atoms with Crippen LogP contribution in [-0.4, -0.2) is 72.6 Å². The third-order valence-electron chi connectivity index (χ3n) is 9.06. The lowest BCUT2D eigenvalue weighted by Gasteiger charge is -2.42. The molecule has 2 N–H and O–H groups in total. The molecule has 3 fully saturated rings. The molecule has 6 rings (SSSR count). The number of halogens is 2. The number of hydroxylamine groups is 1. The largest absolute Gasteiger partial charge is 0.494 e. The van der Waals surface area contributed by atoms with Gasteiger partial charge in [0.15, 0.2) is 5.82 Å². The highest BCUT2D eigenvalue weighted by atomic mass is 19.3. The average Bonchev–Trinajstić information content (AvgIpc) is 3.59. The summed E-state index contributed by atoms with van der Waals surface area (Å²) < 4.78 is 33.2. The third kappa shape index (κ3) is 7.29. The number of hydrogen-bond acceptors (Lipinski definition) is 10. The zero-order valence-corrected chi connectivity index (χ0v) is 26.3. The van der Waals surface area contributed by atoms with E-state index < -0.39 is 5.92 Å². The highest BCUT2D eigenvalue weighted by Gasteiger charge is 2.37. The number of ether oxygens (including phenoxy) is 1. The number of nitrogens with zero attached hydrogens (tertiary/aromatic N) is 6. The van der Waals surface area contributed by atoms with Crippen molar-refractivity contribution in [2.75, 3.05) is 60.5 Å². The van der Waals surface area contributed by atoms with Crippen LogP contribution in [0.15, 0.2) is 61.4 Å². The van der Waals surface area contributed by atoms with E-state index in [1.54, 1.807) is 30.4 Å². The summed E-state index contributed by atoms with van der Waals surface area (Å²) in [6.45, 7) is 6.34. The Morgan fingerprint density at radius 1 is 1.11 bits per heavy atom. The van der Waals surface area contributed by atoms with Crippen molar-refractivity contribution < 1.29 is 23.1 Å². The van der Waals surface area contributed by atoms with Gasteiger partial charge in [0, 0.05) is 63.6 Å². The van der Waals surface area contributed by atoms with E-state index >= 15 is 0 Å². The maximum Gasteiger partial charge on any atom is 0.250 e. The van der Waals surface area contributed by atoms with Crippen LogP contribution in [0.2, 0.25) is 0 Å². The SMILES string of the molecule is C=CC(=O)Nc1cc(Nc2cc(N3OCC[C@@H]3c3cccc(C#N)c3)ncn2)c(OC)cc1N1CCC(N2CCC(F)(F)CC2)CC1. The number of alkyl halides is 2. The van der Waals surface area contributed by atoms with Crippen molar-refractivity contribution in [2.24, 2.45) is 0 Å². The maximum atomic E-state index is 13.7. The molecule has 13 heteroatoms. The fourth-order valence-electron chi connectivity index (χ4n) is 6.56. The molecule has 1 atom stereocenters. The second-order valence-corrected chi connectivity index (χ2v) is 12.0. The molecule has 2 aromatic carbocycles. The molecule has 246 valence electrons. The van der Waals surface area contributed by atoms with Gasteiger partial charge in [0.05, 0.1) is 48.5 Å². The Bertz CT molecular complexity index is 1650. The minimum Gasteiger partial charge on any atom is -0.494 e. The van der Waals surface area contributed by atoms with E-state index in [9.17, 15) is 18.8 Å². The quantitative estimate of drug-likeness (QED) is 0.277. The van der Waals surface area contributed by atoms with Crippen LogP contribution in [0.1, 0.15) is 49.3 Å². The molecule has 1 amide bonds. The van der Waals surface area contributed by atoms with E-state index in [0.717, 1.165) is 30.5 Å². The summed E-state index contributed by atoms with van der Waals surface area (Å²) in [5.41, 5.74) is 3.47. The van der Waals surface area contributed by atoms with Crippen molar-refractivity contribution in [3.8, 4) is 11.8 Å². The first-order valence-corrected chi connectivity index (χ1v) is 15.8. The molecule has 0 bridgehead atoms. The summed E-state index contributed by atoms with van der Waals surface area (Å²) in [7, 11) is 1.58. The van der Waals surface area contributed by atoms with Crippen LogP contribution < -0.4 is 25.3 Å². The molecule has 0 spiro atoms. The molecule has 1 aromatic heterocycles. The molecule has 3 aromatic rings. The molecule has 0 radical (unpaired) electrons. The Kier molecular flexibility index (Phi) is 9.51. The zero-order valence-electron chi connectivity index (χ0n) is 26.3. The van der Waals surface area contributed by atoms with E-state index in [4.69, 9.17) is 9.57 Å². The van der Waals surface area contributed by atoms with Crippen LogP contribution in [0.3, 0.4) is 0 Å². The van der Waals surface area contributed by atoms with Crippen LogP contribution in [0, 0.1) is 11.3 Å². The number of aromatic nitrogens is 2. The molecule has 4 heterocycles. The number of likely N-dealkylation sites (tertiary alicyclic amines) is 1. The Balaban J connectivity index is 1.22. The first-order chi connectivity index (χ1) is 22.8. The van der Waals surface area contributed by atoms with Crippen LogP contribution in [0.4, 0.5) is 37.5 Å². The van der Waals surface area contributed by atoms with Gasteiger partial charge in [0.1, 0.15) is 17.9 Å². The number of anilines is 5. The van der Waals surface area contributed by atoms with Gasteiger partial charge >= 0.3 is 0 Å². The first-order valence-electron chi connectivity index (χ1n) is 15.8. The summed E-state index contributed by atoms with van der Waals surface area (Å²) in [5.74, 6) is -1.35. The second-order valence-electron chi connectivity index (χ2n) is 12.0. The van der Waals surface area contributed by atoms with E-state index in [-0.39, 0.29) is 30.8 Å². The van der Waals surface area contributed by atoms with E-state index in [0.29, 0.717) is 67.1 Å². The van der Waals surface area contributed by atoms with E-state index in [1.807, 2.05) is 24.3 Å². The molecule has 0 aliphatic carbocycles. The van der Waals surface area contributed by atoms with Gasteiger partial charge in [-0.1, -0.05) is 18.7 Å². The Hall–Kier alpha value is -4.80. The topological polar surface area (TPSA) is 119 Å². The van der Waals surface area contributed by atoms with Gasteiger partial charge in [0.2, 0.25) is 5.91 Å². The molecule has 47 heavy (non-hydrogen) atoms. The van der Waals surface area contributed by atoms with Gasteiger partial charge in [-0.3, -0.25) is 14.5 Å². The predicted molar refractivity (Wildman–Crippen MR) is 175 cm³/mol. The van der Waals surface area contributed by atoms with Crippen molar-refractivity contribution >= 4 is 34.6 Å². The number of nitriles is 1. The molecule has 3 aliphatic heterocycles. The van der Waals surface area contributed by atoms with Crippen molar-refractivity contribution in [1.82, 2.24) is 14.9 Å². The van der Waals surface area contributed by atoms with Crippen LogP contribution >= 0.6 is 0 Å². The summed E-state index contributed by atoms with van der Waals surface area (Å²) in [5, 5.41) is 17.4. The highest BCUT2D eigenvalue weighted by Crippen LogP contribution is 2.41. The average molecular weight is 645 g/mol. The van der Waals surface area contributed by atoms with E-state index in [2.05, 4.69) is 43.0 Å². The van der Waals surface area contributed by atoms with Gasteiger partial charge in [-0.25, -0.2) is 23.8 Å². The van der Waals surface area contributed by atoms with Gasteiger partial charge in [0.25, 0.3) is 5.92 Å². The van der Waals surface area contributed by atoms with Gasteiger partial charge in [-0.2, -0.15) is 5.26 Å². The normalized spacial score (nSPS) is 20.0. The fourth-order valence-corrected chi connectivity index (χ4v) is 6.56. The molecular formula is C34H38F2N8O3. The van der Waals surface area contributed by atoms with Crippen molar-refractivity contribution in [1.29, 1.82) is 5.26 Å². The second kappa shape index (κ2) is 13.9. The summed E-state index contributed by atoms with van der Waals surface area (Å²) >= 11 is 0. The van der Waals surface area contributed by atoms with Crippen LogP contribution in [0.25, 0.3) is 0 Å². The molecule has 3 saturated heterocycles. The highest BCUT2D eigenvalue weighted by molar-refractivity contribution is 6.02. The first kappa shape index (κ1) is 32.2. The number of amides is 1. The maximum absolute atomic E-state index is 13.7. The molecule has 3 aliphatic rings. The minimum atomic E-state index is -2.56. The number of rotatable bonds is 9. The molecule has 0 saturated carbocycles. The third-order valence-corrected chi connectivity index (χ3v) is 9.06. The number of hydrogen-bond donors (Lipinski definition) is 2. The lowest BCUT2D eigenvalue weighted by atomic mass is 9.98. The minimum absolute atomic E-state index is 0.0910. The number of methoxy groups -OCH3 is 1. The summed E-state index contributed by atoms with van der Waals surface area (Å²) in [6, 6.07) is 15.2. The van der Waals surface area contributed by atoms with E-state index in [1.165, 1.54) is 12.4 Å². The Morgan fingerprint density at radius 2 is 1.89 bits per heavy atom. The Labute approximate surface area is 272 Å². The van der Waals surface area contributed by atoms with Gasteiger partial charge < -0.3 is 20.3 Å². The Morgan fingerprint density at radius 3 is 2.62 bits per heavy atom. The lowest BCUT2D eigenvalue weighted by molar-refractivity contribution is -0.111. The number of carbonyl (C=O) groups is 1. The van der Waals surface area contributed by atoms with Crippen molar-refractivity contribution in [3.63, 3.8) is 0 Å². The smallest absolute Gasteiger partial charge is 0.250 e. The number of nitrogens with one attached hydrogen (secondary N) is 2. The van der Waals surface area contributed by atoms with Gasteiger partial charge in [-0.15, -0.1) is 0 Å². The number of carbonyl (C=O) groups excluding carboxylic acids is 1. The van der Waals surface area contributed by atoms with Crippen LogP contribution in [0.5, 0.6) is 5.75 Å². The molecule has 0 unspecified atom stereocenters. The monoisotopic (exact) mass is 644 g/mol. The summed E-state index contributed by atoms with van der Waals surface area (Å²) in [6.07, 6.45) is 4.86. The summed E-state index contributed by atoms with van der Waals surface area (Å²) in [4.78, 5) is 31.7. The molecule has 11 nitrogen and oxygen atoms in total. The number of benzene rings is 2. The standard InChI is InChI=1S/C34H38F2N8O3/c1-3-33(45)41-26-18-27(30(46-2)19-29(26)43-12-7-25(8-13-43)42-14-10-34(35,36)11-15-42)40-31-20-32(39-22-38-31)44-28(9-16-47-44)24-6-4-5-23(17-24)21-37/h3-6,17-20,22,25,28H,1,7-16H2,2H3,(H,41,45)(H,38,39,40)/t28-/m1/s1. The van der Waals surface area contributed by atoms with Crippen molar-refractivity contribution in [2.45, 2.75) is 50.1 Å².